The molecule has 146 valence electrons. The maximum atomic E-state index is 12.6. The summed E-state index contributed by atoms with van der Waals surface area (Å²) in [5.74, 6) is -1.03. The molecule has 1 aliphatic heterocycles. The zero-order valence-electron chi connectivity index (χ0n) is 16.2. The summed E-state index contributed by atoms with van der Waals surface area (Å²) in [6.45, 7) is 7.93. The summed E-state index contributed by atoms with van der Waals surface area (Å²) in [5.41, 5.74) is 3.01. The lowest BCUT2D eigenvalue weighted by atomic mass is 10.1. The Morgan fingerprint density at radius 1 is 1.07 bits per heavy atom. The minimum atomic E-state index is -0.508. The lowest BCUT2D eigenvalue weighted by Crippen LogP contribution is -2.56. The van der Waals surface area contributed by atoms with Gasteiger partial charge < -0.3 is 15.5 Å². The molecule has 0 aromatic heterocycles. The first-order valence-corrected chi connectivity index (χ1v) is 9.57. The number of carbonyl (C=O) groups excluding carboxylic acids is 3. The van der Waals surface area contributed by atoms with Crippen molar-refractivity contribution in [3.63, 3.8) is 0 Å². The van der Waals surface area contributed by atoms with Gasteiger partial charge in [0.25, 0.3) is 0 Å². The monoisotopic (exact) mass is 372 g/mol. The number of amides is 3. The molecule has 0 bridgehead atoms. The number of carbonyl (C=O) groups is 3. The number of aryl methyl sites for hydroxylation is 2. The van der Waals surface area contributed by atoms with Crippen LogP contribution in [0.15, 0.2) is 18.2 Å². The highest BCUT2D eigenvalue weighted by Crippen LogP contribution is 2.19. The first-order chi connectivity index (χ1) is 12.8. The highest BCUT2D eigenvalue weighted by molar-refractivity contribution is 6.35. The van der Waals surface area contributed by atoms with Crippen molar-refractivity contribution in [1.82, 2.24) is 15.1 Å². The van der Waals surface area contributed by atoms with E-state index in [0.717, 1.165) is 29.7 Å². The van der Waals surface area contributed by atoms with E-state index < -0.39 is 11.8 Å². The van der Waals surface area contributed by atoms with Gasteiger partial charge in [0.15, 0.2) is 0 Å². The molecule has 7 nitrogen and oxygen atoms in total. The van der Waals surface area contributed by atoms with Gasteiger partial charge in [0, 0.05) is 37.9 Å². The van der Waals surface area contributed by atoms with E-state index in [1.807, 2.05) is 43.9 Å². The van der Waals surface area contributed by atoms with Gasteiger partial charge in [-0.1, -0.05) is 17.7 Å². The van der Waals surface area contributed by atoms with Gasteiger partial charge in [0.2, 0.25) is 5.91 Å². The molecule has 1 aromatic carbocycles. The predicted octanol–water partition coefficient (Wildman–Crippen LogP) is 1.05. The Bertz CT molecular complexity index is 737. The zero-order chi connectivity index (χ0) is 19.6. The van der Waals surface area contributed by atoms with Crippen LogP contribution >= 0.6 is 0 Å². The number of anilines is 1. The molecule has 1 aromatic rings. The molecule has 3 rings (SSSR count). The van der Waals surface area contributed by atoms with Gasteiger partial charge in [-0.05, 0) is 45.2 Å². The van der Waals surface area contributed by atoms with E-state index in [4.69, 9.17) is 0 Å². The molecule has 27 heavy (non-hydrogen) atoms. The first-order valence-electron chi connectivity index (χ1n) is 9.57. The molecule has 3 amide bonds. The van der Waals surface area contributed by atoms with Gasteiger partial charge in [-0.3, -0.25) is 19.3 Å². The van der Waals surface area contributed by atoms with E-state index in [-0.39, 0.29) is 18.0 Å². The van der Waals surface area contributed by atoms with Crippen LogP contribution in [-0.4, -0.2) is 65.8 Å². The summed E-state index contributed by atoms with van der Waals surface area (Å²) >= 11 is 0. The van der Waals surface area contributed by atoms with E-state index in [1.54, 1.807) is 4.90 Å². The Kier molecular flexibility index (Phi) is 5.79. The van der Waals surface area contributed by atoms with Crippen molar-refractivity contribution in [3.05, 3.63) is 29.3 Å². The second kappa shape index (κ2) is 8.08. The van der Waals surface area contributed by atoms with Gasteiger partial charge in [0.1, 0.15) is 0 Å². The van der Waals surface area contributed by atoms with Crippen LogP contribution in [0.5, 0.6) is 0 Å². The molecule has 1 atom stereocenters. The van der Waals surface area contributed by atoms with Crippen LogP contribution in [0.2, 0.25) is 0 Å². The van der Waals surface area contributed by atoms with Crippen LogP contribution in [0.4, 0.5) is 5.69 Å². The van der Waals surface area contributed by atoms with Crippen LogP contribution in [0.1, 0.15) is 30.9 Å². The summed E-state index contributed by atoms with van der Waals surface area (Å²) in [4.78, 5) is 40.3. The number of hydrogen-bond acceptors (Lipinski definition) is 4. The van der Waals surface area contributed by atoms with E-state index in [1.165, 1.54) is 0 Å². The summed E-state index contributed by atoms with van der Waals surface area (Å²) in [6, 6.07) is 5.81. The van der Waals surface area contributed by atoms with Crippen LogP contribution in [0.3, 0.4) is 0 Å². The average Bonchev–Trinajstić information content (AvgIpc) is 3.46. The number of nitrogens with one attached hydrogen (secondary N) is 2. The zero-order valence-corrected chi connectivity index (χ0v) is 16.2. The lowest BCUT2D eigenvalue weighted by molar-refractivity contribution is -0.147. The molecule has 0 radical (unpaired) electrons. The molecule has 2 fully saturated rings. The average molecular weight is 372 g/mol. The minimum Gasteiger partial charge on any atom is -0.345 e. The fourth-order valence-electron chi connectivity index (χ4n) is 3.29. The Labute approximate surface area is 160 Å². The molecule has 0 spiro atoms. The standard InChI is InChI=1S/C20H28N4O3/c1-13-4-7-17(14(2)12-13)22-18(25)15(3)23-8-10-24(11-9-23)20(27)19(26)21-16-5-6-16/h4,7,12,15-16H,5-6,8-11H2,1-3H3,(H,21,26)(H,22,25). The highest BCUT2D eigenvalue weighted by atomic mass is 16.2. The van der Waals surface area contributed by atoms with Gasteiger partial charge >= 0.3 is 11.8 Å². The van der Waals surface area contributed by atoms with Crippen molar-refractivity contribution in [2.75, 3.05) is 31.5 Å². The third kappa shape index (κ3) is 4.86. The smallest absolute Gasteiger partial charge is 0.311 e. The molecule has 2 aliphatic rings. The third-order valence-corrected chi connectivity index (χ3v) is 5.28. The number of benzene rings is 1. The van der Waals surface area contributed by atoms with Crippen molar-refractivity contribution < 1.29 is 14.4 Å². The highest BCUT2D eigenvalue weighted by Gasteiger charge is 2.32. The summed E-state index contributed by atoms with van der Waals surface area (Å²) in [6.07, 6.45) is 1.92. The second-order valence-electron chi connectivity index (χ2n) is 7.56. The van der Waals surface area contributed by atoms with Gasteiger partial charge in [-0.2, -0.15) is 0 Å². The van der Waals surface area contributed by atoms with Crippen LogP contribution < -0.4 is 10.6 Å². The van der Waals surface area contributed by atoms with Gasteiger partial charge in [0.05, 0.1) is 6.04 Å². The maximum absolute atomic E-state index is 12.6. The second-order valence-corrected chi connectivity index (χ2v) is 7.56. The molecule has 7 heteroatoms. The Morgan fingerprint density at radius 3 is 2.33 bits per heavy atom. The molecule has 1 heterocycles. The van der Waals surface area contributed by atoms with Crippen molar-refractivity contribution in [3.8, 4) is 0 Å². The fraction of sp³-hybridized carbons (Fsp3) is 0.550. The Balaban J connectivity index is 1.49. The van der Waals surface area contributed by atoms with Crippen molar-refractivity contribution >= 4 is 23.4 Å². The molecule has 1 saturated heterocycles. The molecule has 1 unspecified atom stereocenters. The third-order valence-electron chi connectivity index (χ3n) is 5.28. The molecular weight excluding hydrogens is 344 g/mol. The number of rotatable bonds is 4. The van der Waals surface area contributed by atoms with Crippen molar-refractivity contribution in [1.29, 1.82) is 0 Å². The van der Waals surface area contributed by atoms with Crippen LogP contribution in [0.25, 0.3) is 0 Å². The molecular formula is C20H28N4O3. The predicted molar refractivity (Wildman–Crippen MR) is 103 cm³/mol. The van der Waals surface area contributed by atoms with Crippen LogP contribution in [0, 0.1) is 13.8 Å². The van der Waals surface area contributed by atoms with Crippen LogP contribution in [-0.2, 0) is 14.4 Å². The van der Waals surface area contributed by atoms with E-state index in [2.05, 4.69) is 10.6 Å². The van der Waals surface area contributed by atoms with Crippen molar-refractivity contribution in [2.45, 2.75) is 45.7 Å². The van der Waals surface area contributed by atoms with E-state index >= 15 is 0 Å². The first kappa shape index (κ1) is 19.4. The molecule has 1 aliphatic carbocycles. The lowest BCUT2D eigenvalue weighted by Gasteiger charge is -2.37. The summed E-state index contributed by atoms with van der Waals surface area (Å²) in [7, 11) is 0. The molecule has 2 N–H and O–H groups in total. The Morgan fingerprint density at radius 2 is 1.74 bits per heavy atom. The number of hydrogen-bond donors (Lipinski definition) is 2. The van der Waals surface area contributed by atoms with Gasteiger partial charge in [-0.15, -0.1) is 0 Å². The Hall–Kier alpha value is -2.41. The quantitative estimate of drug-likeness (QED) is 0.774. The number of piperazine rings is 1. The van der Waals surface area contributed by atoms with Crippen molar-refractivity contribution in [2.24, 2.45) is 0 Å². The number of nitrogens with zero attached hydrogens (tertiary/aromatic N) is 2. The van der Waals surface area contributed by atoms with Gasteiger partial charge in [-0.25, -0.2) is 0 Å². The summed E-state index contributed by atoms with van der Waals surface area (Å²) < 4.78 is 0. The minimum absolute atomic E-state index is 0.0618. The van der Waals surface area contributed by atoms with E-state index in [0.29, 0.717) is 26.2 Å². The SMILES string of the molecule is Cc1ccc(NC(=O)C(C)N2CCN(C(=O)C(=O)NC3CC3)CC2)c(C)c1. The molecule has 1 saturated carbocycles. The maximum Gasteiger partial charge on any atom is 0.311 e. The van der Waals surface area contributed by atoms with E-state index in [9.17, 15) is 14.4 Å². The normalized spacial score (nSPS) is 18.7. The summed E-state index contributed by atoms with van der Waals surface area (Å²) in [5, 5.41) is 5.72. The fourth-order valence-corrected chi connectivity index (χ4v) is 3.29. The largest absolute Gasteiger partial charge is 0.345 e. The topological polar surface area (TPSA) is 81.8 Å².